The molecule has 8 heteroatoms. The molecule has 0 aliphatic rings. The van der Waals surface area contributed by atoms with E-state index in [9.17, 15) is 4.79 Å². The number of hydrogen-bond donors (Lipinski definition) is 3. The average molecular weight is 326 g/mol. The third kappa shape index (κ3) is 4.21. The molecule has 0 aliphatic carbocycles. The van der Waals surface area contributed by atoms with Crippen LogP contribution in [-0.4, -0.2) is 22.5 Å². The van der Waals surface area contributed by atoms with Crippen molar-refractivity contribution in [2.75, 3.05) is 17.2 Å². The van der Waals surface area contributed by atoms with E-state index in [1.807, 2.05) is 13.0 Å². The standard InChI is InChI=1S/C13H13Cl2N5O/c1-2-16-13(21)19-10-6-4-3-5-9(10)18-11-8(14)7-17-12(15)20-11/h3-7H,2H2,1H3,(H2,16,19,21)(H,17,18,20). The molecule has 1 aromatic carbocycles. The van der Waals surface area contributed by atoms with Gasteiger partial charge >= 0.3 is 6.03 Å². The molecule has 0 saturated heterocycles. The second-order valence-corrected chi connectivity index (χ2v) is 4.74. The minimum atomic E-state index is -0.293. The Morgan fingerprint density at radius 3 is 2.67 bits per heavy atom. The summed E-state index contributed by atoms with van der Waals surface area (Å²) in [5.41, 5.74) is 1.23. The van der Waals surface area contributed by atoms with Gasteiger partial charge in [-0.3, -0.25) is 0 Å². The summed E-state index contributed by atoms with van der Waals surface area (Å²) < 4.78 is 0. The highest BCUT2D eigenvalue weighted by molar-refractivity contribution is 6.33. The zero-order valence-electron chi connectivity index (χ0n) is 11.2. The lowest BCUT2D eigenvalue weighted by atomic mass is 10.2. The Kier molecular flexibility index (Phi) is 5.19. The van der Waals surface area contributed by atoms with Crippen LogP contribution in [0.15, 0.2) is 30.5 Å². The number of carbonyl (C=O) groups is 1. The van der Waals surface area contributed by atoms with E-state index in [0.29, 0.717) is 28.8 Å². The number of amides is 2. The Morgan fingerprint density at radius 2 is 1.95 bits per heavy atom. The monoisotopic (exact) mass is 325 g/mol. The van der Waals surface area contributed by atoms with Gasteiger partial charge in [-0.15, -0.1) is 0 Å². The molecular formula is C13H13Cl2N5O. The van der Waals surface area contributed by atoms with Crippen LogP contribution in [0.2, 0.25) is 10.3 Å². The Morgan fingerprint density at radius 1 is 1.24 bits per heavy atom. The van der Waals surface area contributed by atoms with Crippen molar-refractivity contribution in [2.45, 2.75) is 6.92 Å². The molecule has 0 saturated carbocycles. The molecule has 2 aromatic rings. The van der Waals surface area contributed by atoms with Crippen molar-refractivity contribution < 1.29 is 4.79 Å². The Bertz CT molecular complexity index is 650. The van der Waals surface area contributed by atoms with Gasteiger partial charge in [-0.25, -0.2) is 9.78 Å². The molecule has 0 fully saturated rings. The van der Waals surface area contributed by atoms with Gasteiger partial charge in [-0.1, -0.05) is 23.7 Å². The number of rotatable bonds is 4. The van der Waals surface area contributed by atoms with Gasteiger partial charge in [0, 0.05) is 6.54 Å². The molecule has 21 heavy (non-hydrogen) atoms. The third-order valence-electron chi connectivity index (χ3n) is 2.48. The number of para-hydroxylation sites is 2. The molecule has 2 amide bonds. The van der Waals surface area contributed by atoms with E-state index in [1.54, 1.807) is 18.2 Å². The van der Waals surface area contributed by atoms with Crippen LogP contribution in [0.3, 0.4) is 0 Å². The number of nitrogens with one attached hydrogen (secondary N) is 3. The molecule has 3 N–H and O–H groups in total. The second kappa shape index (κ2) is 7.10. The quantitative estimate of drug-likeness (QED) is 0.749. The van der Waals surface area contributed by atoms with Crippen molar-refractivity contribution in [3.05, 3.63) is 40.8 Å². The summed E-state index contributed by atoms with van der Waals surface area (Å²) in [7, 11) is 0. The Hall–Kier alpha value is -2.05. The largest absolute Gasteiger partial charge is 0.338 e. The smallest absolute Gasteiger partial charge is 0.319 e. The summed E-state index contributed by atoms with van der Waals surface area (Å²) in [5, 5.41) is 8.81. The molecule has 6 nitrogen and oxygen atoms in total. The highest BCUT2D eigenvalue weighted by Gasteiger charge is 2.09. The summed E-state index contributed by atoms with van der Waals surface area (Å²) in [6.07, 6.45) is 1.40. The molecule has 110 valence electrons. The first-order valence-electron chi connectivity index (χ1n) is 6.19. The number of benzene rings is 1. The van der Waals surface area contributed by atoms with Gasteiger partial charge in [0.15, 0.2) is 5.82 Å². The van der Waals surface area contributed by atoms with E-state index in [1.165, 1.54) is 6.20 Å². The van der Waals surface area contributed by atoms with Crippen LogP contribution in [-0.2, 0) is 0 Å². The van der Waals surface area contributed by atoms with Crippen LogP contribution in [0.5, 0.6) is 0 Å². The minimum Gasteiger partial charge on any atom is -0.338 e. The summed E-state index contributed by atoms with van der Waals surface area (Å²) in [4.78, 5) is 19.4. The van der Waals surface area contributed by atoms with E-state index in [2.05, 4.69) is 25.9 Å². The maximum Gasteiger partial charge on any atom is 0.319 e. The molecule has 0 unspecified atom stereocenters. The number of halogens is 2. The van der Waals surface area contributed by atoms with Gasteiger partial charge in [0.05, 0.1) is 17.6 Å². The van der Waals surface area contributed by atoms with Crippen LogP contribution in [0.4, 0.5) is 22.0 Å². The van der Waals surface area contributed by atoms with Crippen LogP contribution in [0.1, 0.15) is 6.92 Å². The van der Waals surface area contributed by atoms with Crippen LogP contribution in [0, 0.1) is 0 Å². The molecule has 0 bridgehead atoms. The fraction of sp³-hybridized carbons (Fsp3) is 0.154. The predicted octanol–water partition coefficient (Wildman–Crippen LogP) is 3.67. The first-order chi connectivity index (χ1) is 10.1. The van der Waals surface area contributed by atoms with E-state index in [-0.39, 0.29) is 11.3 Å². The van der Waals surface area contributed by atoms with Gasteiger partial charge in [0.2, 0.25) is 5.28 Å². The van der Waals surface area contributed by atoms with Gasteiger partial charge in [0.25, 0.3) is 0 Å². The molecule has 0 spiro atoms. The third-order valence-corrected chi connectivity index (χ3v) is 2.94. The molecule has 1 aromatic heterocycles. The van der Waals surface area contributed by atoms with Crippen LogP contribution >= 0.6 is 23.2 Å². The van der Waals surface area contributed by atoms with Gasteiger partial charge in [0.1, 0.15) is 5.02 Å². The summed E-state index contributed by atoms with van der Waals surface area (Å²) in [5.74, 6) is 0.363. The molecule has 0 atom stereocenters. The molecule has 2 rings (SSSR count). The molecule has 0 radical (unpaired) electrons. The molecular weight excluding hydrogens is 313 g/mol. The summed E-state index contributed by atoms with van der Waals surface area (Å²) in [6.45, 7) is 2.38. The van der Waals surface area contributed by atoms with Crippen molar-refractivity contribution in [2.24, 2.45) is 0 Å². The SMILES string of the molecule is CCNC(=O)Nc1ccccc1Nc1nc(Cl)ncc1Cl. The van der Waals surface area contributed by atoms with Crippen molar-refractivity contribution in [3.8, 4) is 0 Å². The van der Waals surface area contributed by atoms with Crippen molar-refractivity contribution in [3.63, 3.8) is 0 Å². The van der Waals surface area contributed by atoms with E-state index < -0.39 is 0 Å². The van der Waals surface area contributed by atoms with Gasteiger partial charge < -0.3 is 16.0 Å². The maximum absolute atomic E-state index is 11.6. The Balaban J connectivity index is 2.24. The highest BCUT2D eigenvalue weighted by atomic mass is 35.5. The van der Waals surface area contributed by atoms with E-state index in [0.717, 1.165) is 0 Å². The minimum absolute atomic E-state index is 0.0797. The van der Waals surface area contributed by atoms with E-state index in [4.69, 9.17) is 23.2 Å². The number of anilines is 3. The lowest BCUT2D eigenvalue weighted by Crippen LogP contribution is -2.28. The number of hydrogen-bond acceptors (Lipinski definition) is 4. The normalized spacial score (nSPS) is 10.0. The van der Waals surface area contributed by atoms with Gasteiger partial charge in [-0.2, -0.15) is 4.98 Å². The Labute approximate surface area is 131 Å². The van der Waals surface area contributed by atoms with Crippen LogP contribution < -0.4 is 16.0 Å². The second-order valence-electron chi connectivity index (χ2n) is 3.99. The molecule has 1 heterocycles. The van der Waals surface area contributed by atoms with E-state index >= 15 is 0 Å². The summed E-state index contributed by atoms with van der Waals surface area (Å²) in [6, 6.07) is 6.88. The first kappa shape index (κ1) is 15.3. The topological polar surface area (TPSA) is 78.9 Å². The van der Waals surface area contributed by atoms with Crippen molar-refractivity contribution in [1.29, 1.82) is 0 Å². The predicted molar refractivity (Wildman–Crippen MR) is 84.5 cm³/mol. The fourth-order valence-corrected chi connectivity index (χ4v) is 1.86. The number of urea groups is 1. The van der Waals surface area contributed by atoms with Gasteiger partial charge in [-0.05, 0) is 30.7 Å². The van der Waals surface area contributed by atoms with Crippen molar-refractivity contribution >= 4 is 46.4 Å². The summed E-state index contributed by atoms with van der Waals surface area (Å²) >= 11 is 11.8. The highest BCUT2D eigenvalue weighted by Crippen LogP contribution is 2.28. The average Bonchev–Trinajstić information content (AvgIpc) is 2.45. The zero-order valence-corrected chi connectivity index (χ0v) is 12.7. The number of nitrogens with zero attached hydrogens (tertiary/aromatic N) is 2. The fourth-order valence-electron chi connectivity index (χ4n) is 1.59. The number of carbonyl (C=O) groups excluding carboxylic acids is 1. The molecule has 0 aliphatic heterocycles. The van der Waals surface area contributed by atoms with Crippen LogP contribution in [0.25, 0.3) is 0 Å². The lowest BCUT2D eigenvalue weighted by molar-refractivity contribution is 0.252. The lowest BCUT2D eigenvalue weighted by Gasteiger charge is -2.13. The first-order valence-corrected chi connectivity index (χ1v) is 6.94. The zero-order chi connectivity index (χ0) is 15.2. The number of aromatic nitrogens is 2. The van der Waals surface area contributed by atoms with Crippen molar-refractivity contribution in [1.82, 2.24) is 15.3 Å². The maximum atomic E-state index is 11.6.